The average molecular weight is 487 g/mol. The Morgan fingerprint density at radius 2 is 1.85 bits per heavy atom. The van der Waals surface area contributed by atoms with Gasteiger partial charge in [0.1, 0.15) is 17.3 Å². The molecular weight excluding hydrogens is 466 g/mol. The van der Waals surface area contributed by atoms with Crippen LogP contribution >= 0.6 is 23.2 Å². The van der Waals surface area contributed by atoms with Crippen LogP contribution < -0.4 is 14.8 Å². The molecule has 2 aliphatic rings. The molecule has 0 spiro atoms. The van der Waals surface area contributed by atoms with Crippen LogP contribution in [0.4, 0.5) is 10.1 Å². The fourth-order valence-electron chi connectivity index (χ4n) is 4.08. The van der Waals surface area contributed by atoms with Crippen molar-refractivity contribution in [3.05, 3.63) is 81.1 Å². The lowest BCUT2D eigenvalue weighted by Crippen LogP contribution is -2.14. The number of ether oxygens (including phenoxy) is 2. The lowest BCUT2D eigenvalue weighted by atomic mass is 9.86. The SMILES string of the molecule is C=CC(=O)Nc1ccc(F)cc1C1=NCC2=C1CCC(c1c(Cl)c(OC)cc(OC)c1Cl)=C2. The van der Waals surface area contributed by atoms with Gasteiger partial charge in [-0.1, -0.05) is 35.9 Å². The number of halogens is 3. The van der Waals surface area contributed by atoms with E-state index in [1.54, 1.807) is 6.07 Å². The highest BCUT2D eigenvalue weighted by atomic mass is 35.5. The Morgan fingerprint density at radius 1 is 1.15 bits per heavy atom. The molecule has 1 aliphatic carbocycles. The zero-order chi connectivity index (χ0) is 23.7. The van der Waals surface area contributed by atoms with E-state index in [-0.39, 0.29) is 5.91 Å². The van der Waals surface area contributed by atoms with E-state index in [2.05, 4.69) is 16.9 Å². The van der Waals surface area contributed by atoms with Gasteiger partial charge in [-0.05, 0) is 53.8 Å². The fraction of sp³-hybridized carbons (Fsp3) is 0.200. The Kier molecular flexibility index (Phi) is 6.58. The number of amides is 1. The Bertz CT molecular complexity index is 1240. The molecule has 1 amide bonds. The summed E-state index contributed by atoms with van der Waals surface area (Å²) in [6.07, 6.45) is 4.47. The van der Waals surface area contributed by atoms with Crippen molar-refractivity contribution in [3.63, 3.8) is 0 Å². The second kappa shape index (κ2) is 9.41. The minimum Gasteiger partial charge on any atom is -0.495 e. The number of hydrogen-bond donors (Lipinski definition) is 1. The predicted octanol–water partition coefficient (Wildman–Crippen LogP) is 6.25. The van der Waals surface area contributed by atoms with E-state index in [4.69, 9.17) is 32.7 Å². The maximum Gasteiger partial charge on any atom is 0.247 e. The molecule has 2 aromatic rings. The molecule has 0 saturated carbocycles. The first-order valence-electron chi connectivity index (χ1n) is 10.2. The zero-order valence-corrected chi connectivity index (χ0v) is 19.6. The summed E-state index contributed by atoms with van der Waals surface area (Å²) in [5.74, 6) is 0.156. The summed E-state index contributed by atoms with van der Waals surface area (Å²) in [6.45, 7) is 3.90. The maximum absolute atomic E-state index is 14.1. The second-order valence-electron chi connectivity index (χ2n) is 7.51. The highest BCUT2D eigenvalue weighted by molar-refractivity contribution is 6.39. The number of nitrogens with zero attached hydrogens (tertiary/aromatic N) is 1. The Labute approximate surface area is 201 Å². The molecule has 0 aromatic heterocycles. The third-order valence-corrected chi connectivity index (χ3v) is 6.40. The number of allylic oxidation sites excluding steroid dienone is 2. The van der Waals surface area contributed by atoms with Gasteiger partial charge in [0.2, 0.25) is 5.91 Å². The molecule has 4 rings (SSSR count). The third kappa shape index (κ3) is 4.28. The largest absolute Gasteiger partial charge is 0.495 e. The second-order valence-corrected chi connectivity index (χ2v) is 8.26. The van der Waals surface area contributed by atoms with Crippen LogP contribution in [0.15, 0.2) is 59.1 Å². The predicted molar refractivity (Wildman–Crippen MR) is 130 cm³/mol. The van der Waals surface area contributed by atoms with Crippen LogP contribution in [0.2, 0.25) is 10.0 Å². The van der Waals surface area contributed by atoms with Gasteiger partial charge in [0.15, 0.2) is 0 Å². The van der Waals surface area contributed by atoms with Crippen LogP contribution in [0.1, 0.15) is 24.0 Å². The van der Waals surface area contributed by atoms with Gasteiger partial charge in [-0.2, -0.15) is 0 Å². The van der Waals surface area contributed by atoms with Crippen molar-refractivity contribution in [2.75, 3.05) is 26.1 Å². The van der Waals surface area contributed by atoms with Crippen LogP contribution in [0.25, 0.3) is 5.57 Å². The standard InChI is InChI=1S/C25H21Cl2FN2O3/c1-4-21(31)30-18-8-6-15(28)10-17(18)25-16-7-5-13(9-14(16)12-29-25)22-23(26)19(32-2)11-20(33-3)24(22)27/h4,6,8-11H,1,5,7,12H2,2-3H3,(H,30,31). The molecule has 0 bridgehead atoms. The summed E-state index contributed by atoms with van der Waals surface area (Å²) in [5, 5.41) is 3.56. The van der Waals surface area contributed by atoms with Crippen LogP contribution in [0.5, 0.6) is 11.5 Å². The molecule has 33 heavy (non-hydrogen) atoms. The van der Waals surface area contributed by atoms with Gasteiger partial charge >= 0.3 is 0 Å². The molecule has 1 aliphatic heterocycles. The van der Waals surface area contributed by atoms with Gasteiger partial charge in [-0.15, -0.1) is 0 Å². The molecule has 2 aromatic carbocycles. The number of hydrogen-bond acceptors (Lipinski definition) is 4. The van der Waals surface area contributed by atoms with Crippen molar-refractivity contribution >= 4 is 46.1 Å². The van der Waals surface area contributed by atoms with E-state index < -0.39 is 5.82 Å². The number of anilines is 1. The first kappa shape index (κ1) is 23.1. The summed E-state index contributed by atoms with van der Waals surface area (Å²) < 4.78 is 24.9. The lowest BCUT2D eigenvalue weighted by Gasteiger charge is -2.21. The molecular formula is C25H21Cl2FN2O3. The Morgan fingerprint density at radius 3 is 2.48 bits per heavy atom. The summed E-state index contributed by atoms with van der Waals surface area (Å²) in [5.41, 5.74) is 5.28. The molecule has 5 nitrogen and oxygen atoms in total. The molecule has 0 atom stereocenters. The summed E-state index contributed by atoms with van der Waals surface area (Å²) >= 11 is 13.2. The molecule has 1 N–H and O–H groups in total. The van der Waals surface area contributed by atoms with Crippen LogP contribution in [0.3, 0.4) is 0 Å². The van der Waals surface area contributed by atoms with Gasteiger partial charge in [0, 0.05) is 17.2 Å². The van der Waals surface area contributed by atoms with E-state index in [0.717, 1.165) is 16.7 Å². The monoisotopic (exact) mass is 486 g/mol. The van der Waals surface area contributed by atoms with E-state index in [0.29, 0.717) is 63.5 Å². The first-order valence-corrected chi connectivity index (χ1v) is 10.9. The van der Waals surface area contributed by atoms with Crippen molar-refractivity contribution in [3.8, 4) is 11.5 Å². The fourth-order valence-corrected chi connectivity index (χ4v) is 4.82. The molecule has 8 heteroatoms. The maximum atomic E-state index is 14.1. The van der Waals surface area contributed by atoms with Crippen molar-refractivity contribution in [2.24, 2.45) is 4.99 Å². The lowest BCUT2D eigenvalue weighted by molar-refractivity contribution is -0.111. The normalized spacial score (nSPS) is 14.9. The van der Waals surface area contributed by atoms with Gasteiger partial charge in [-0.3, -0.25) is 9.79 Å². The van der Waals surface area contributed by atoms with Crippen molar-refractivity contribution in [1.29, 1.82) is 0 Å². The van der Waals surface area contributed by atoms with Gasteiger partial charge in [-0.25, -0.2) is 4.39 Å². The third-order valence-electron chi connectivity index (χ3n) is 5.65. The van der Waals surface area contributed by atoms with Crippen molar-refractivity contribution in [2.45, 2.75) is 12.8 Å². The van der Waals surface area contributed by atoms with Gasteiger partial charge in [0.25, 0.3) is 0 Å². The topological polar surface area (TPSA) is 59.9 Å². The van der Waals surface area contributed by atoms with Crippen molar-refractivity contribution in [1.82, 2.24) is 0 Å². The summed E-state index contributed by atoms with van der Waals surface area (Å²) in [4.78, 5) is 16.5. The van der Waals surface area contributed by atoms with E-state index in [1.807, 2.05) is 6.08 Å². The van der Waals surface area contributed by atoms with Crippen LogP contribution in [-0.2, 0) is 4.79 Å². The number of carbonyl (C=O) groups excluding carboxylic acids is 1. The minimum absolute atomic E-state index is 0.377. The van der Waals surface area contributed by atoms with Crippen molar-refractivity contribution < 1.29 is 18.7 Å². The summed E-state index contributed by atoms with van der Waals surface area (Å²) in [6, 6.07) is 5.86. The number of carbonyl (C=O) groups is 1. The quantitative estimate of drug-likeness (QED) is 0.490. The minimum atomic E-state index is -0.410. The molecule has 0 unspecified atom stereocenters. The van der Waals surface area contributed by atoms with Crippen LogP contribution in [-0.4, -0.2) is 32.4 Å². The van der Waals surface area contributed by atoms with E-state index >= 15 is 0 Å². The molecule has 170 valence electrons. The zero-order valence-electron chi connectivity index (χ0n) is 18.1. The highest BCUT2D eigenvalue weighted by Gasteiger charge is 2.28. The Hall–Kier alpha value is -3.09. The average Bonchev–Trinajstić information content (AvgIpc) is 3.23. The molecule has 0 radical (unpaired) electrons. The van der Waals surface area contributed by atoms with Crippen LogP contribution in [0, 0.1) is 5.82 Å². The van der Waals surface area contributed by atoms with Gasteiger partial charge < -0.3 is 14.8 Å². The Balaban J connectivity index is 1.76. The molecule has 1 heterocycles. The molecule has 0 fully saturated rings. The number of nitrogens with one attached hydrogen (secondary N) is 1. The summed E-state index contributed by atoms with van der Waals surface area (Å²) in [7, 11) is 3.07. The number of rotatable bonds is 6. The first-order chi connectivity index (χ1) is 15.9. The number of methoxy groups -OCH3 is 2. The highest BCUT2D eigenvalue weighted by Crippen LogP contribution is 2.47. The molecule has 0 saturated heterocycles. The van der Waals surface area contributed by atoms with E-state index in [1.165, 1.54) is 38.5 Å². The van der Waals surface area contributed by atoms with Gasteiger partial charge in [0.05, 0.1) is 42.2 Å². The van der Waals surface area contributed by atoms with E-state index in [9.17, 15) is 9.18 Å². The smallest absolute Gasteiger partial charge is 0.247 e. The number of benzene rings is 2. The number of aliphatic imine (C=N–C) groups is 1.